The number of halogens is 1. The summed E-state index contributed by atoms with van der Waals surface area (Å²) in [5.74, 6) is -0.174. The first-order valence-corrected chi connectivity index (χ1v) is 12.2. The number of hydrogen-bond acceptors (Lipinski definition) is 5. The first-order chi connectivity index (χ1) is 15.8. The van der Waals surface area contributed by atoms with Gasteiger partial charge in [-0.25, -0.2) is 18.4 Å². The van der Waals surface area contributed by atoms with E-state index in [4.69, 9.17) is 10.7 Å². The number of fused-ring (bicyclic) bond motifs is 1. The molecule has 4 aromatic rings. The first kappa shape index (κ1) is 21.0. The minimum Gasteiger partial charge on any atom is -0.383 e. The smallest absolute Gasteiger partial charge is 0.220 e. The van der Waals surface area contributed by atoms with Gasteiger partial charge in [0.25, 0.3) is 0 Å². The van der Waals surface area contributed by atoms with Gasteiger partial charge in [-0.15, -0.1) is 0 Å². The second-order valence-corrected chi connectivity index (χ2v) is 9.99. The van der Waals surface area contributed by atoms with E-state index in [0.717, 1.165) is 22.3 Å². The van der Waals surface area contributed by atoms with Crippen molar-refractivity contribution in [3.63, 3.8) is 0 Å². The maximum Gasteiger partial charge on any atom is 0.220 e. The Morgan fingerprint density at radius 3 is 2.30 bits per heavy atom. The van der Waals surface area contributed by atoms with Gasteiger partial charge in [0.05, 0.1) is 4.90 Å². The zero-order chi connectivity index (χ0) is 23.2. The second-order valence-electron chi connectivity index (χ2n) is 7.97. The zero-order valence-electron chi connectivity index (χ0n) is 17.7. The van der Waals surface area contributed by atoms with Crippen molar-refractivity contribution in [3.8, 4) is 11.1 Å². The quantitative estimate of drug-likeness (QED) is 0.463. The standard InChI is InChI=1S/C26H20FN3O2S/c1-33(31,32)20-13-11-18(12-14-20)26(23-10-3-2-8-22(23)25(28)30-26)19-7-4-6-17(16-19)21-9-5-15-29-24(21)27/h2-16H,1H3,(H2,28,30). The van der Waals surface area contributed by atoms with Gasteiger partial charge in [0.1, 0.15) is 11.4 Å². The van der Waals surface area contributed by atoms with Crippen LogP contribution in [0, 0.1) is 5.95 Å². The number of aliphatic imine (C=N–C) groups is 1. The average Bonchev–Trinajstić information content (AvgIpc) is 3.13. The van der Waals surface area contributed by atoms with Crippen LogP contribution in [0.25, 0.3) is 11.1 Å². The predicted octanol–water partition coefficient (Wildman–Crippen LogP) is 4.30. The number of sulfone groups is 1. The lowest BCUT2D eigenvalue weighted by Crippen LogP contribution is -2.25. The van der Waals surface area contributed by atoms with E-state index in [-0.39, 0.29) is 4.90 Å². The number of amidine groups is 1. The molecule has 0 aliphatic carbocycles. The van der Waals surface area contributed by atoms with E-state index in [1.807, 2.05) is 48.5 Å². The summed E-state index contributed by atoms with van der Waals surface area (Å²) >= 11 is 0. The molecule has 0 saturated carbocycles. The Kier molecular flexibility index (Phi) is 4.87. The molecule has 1 aliphatic rings. The molecule has 1 aliphatic heterocycles. The van der Waals surface area contributed by atoms with Crippen molar-refractivity contribution >= 4 is 15.7 Å². The fourth-order valence-corrected chi connectivity index (χ4v) is 5.02. The monoisotopic (exact) mass is 457 g/mol. The molecular formula is C26H20FN3O2S. The van der Waals surface area contributed by atoms with Crippen molar-refractivity contribution in [1.29, 1.82) is 0 Å². The van der Waals surface area contributed by atoms with Gasteiger partial charge in [-0.3, -0.25) is 0 Å². The van der Waals surface area contributed by atoms with Gasteiger partial charge in [-0.05, 0) is 52.6 Å². The molecule has 164 valence electrons. The van der Waals surface area contributed by atoms with E-state index in [1.54, 1.807) is 36.4 Å². The third-order valence-electron chi connectivity index (χ3n) is 5.93. The van der Waals surface area contributed by atoms with Crippen LogP contribution < -0.4 is 5.73 Å². The van der Waals surface area contributed by atoms with Gasteiger partial charge < -0.3 is 5.73 Å². The topological polar surface area (TPSA) is 85.4 Å². The van der Waals surface area contributed by atoms with Crippen molar-refractivity contribution in [3.05, 3.63) is 119 Å². The molecule has 7 heteroatoms. The van der Waals surface area contributed by atoms with Crippen molar-refractivity contribution < 1.29 is 12.8 Å². The lowest BCUT2D eigenvalue weighted by Gasteiger charge is -2.29. The predicted molar refractivity (Wildman–Crippen MR) is 126 cm³/mol. The third-order valence-corrected chi connectivity index (χ3v) is 7.06. The summed E-state index contributed by atoms with van der Waals surface area (Å²) in [5, 5.41) is 0. The fourth-order valence-electron chi connectivity index (χ4n) is 4.39. The van der Waals surface area contributed by atoms with Gasteiger partial charge >= 0.3 is 0 Å². The molecule has 1 aromatic heterocycles. The van der Waals surface area contributed by atoms with Gasteiger partial charge in [0, 0.05) is 23.6 Å². The summed E-state index contributed by atoms with van der Waals surface area (Å²) in [6.07, 6.45) is 2.58. The molecule has 0 bridgehead atoms. The number of aromatic nitrogens is 1. The van der Waals surface area contributed by atoms with Crippen molar-refractivity contribution in [2.45, 2.75) is 10.4 Å². The van der Waals surface area contributed by atoms with Crippen LogP contribution in [0.3, 0.4) is 0 Å². The summed E-state index contributed by atoms with van der Waals surface area (Å²) in [4.78, 5) is 8.90. The van der Waals surface area contributed by atoms with E-state index in [0.29, 0.717) is 17.0 Å². The minimum absolute atomic E-state index is 0.218. The van der Waals surface area contributed by atoms with E-state index < -0.39 is 21.3 Å². The van der Waals surface area contributed by atoms with E-state index in [2.05, 4.69) is 4.98 Å². The maximum atomic E-state index is 14.4. The van der Waals surface area contributed by atoms with Crippen LogP contribution in [0.4, 0.5) is 4.39 Å². The molecule has 0 amide bonds. The molecule has 5 nitrogen and oxygen atoms in total. The largest absolute Gasteiger partial charge is 0.383 e. The normalized spacial score (nSPS) is 17.5. The summed E-state index contributed by atoms with van der Waals surface area (Å²) in [6, 6.07) is 25.2. The number of nitrogens with two attached hydrogens (primary N) is 1. The van der Waals surface area contributed by atoms with Crippen LogP contribution in [0.1, 0.15) is 22.3 Å². The highest BCUT2D eigenvalue weighted by molar-refractivity contribution is 7.90. The van der Waals surface area contributed by atoms with Gasteiger partial charge in [-0.1, -0.05) is 54.6 Å². The van der Waals surface area contributed by atoms with Gasteiger partial charge in [0.15, 0.2) is 9.84 Å². The minimum atomic E-state index is -3.36. The Bertz CT molecular complexity index is 1510. The zero-order valence-corrected chi connectivity index (χ0v) is 18.6. The Labute approximate surface area is 191 Å². The van der Waals surface area contributed by atoms with Gasteiger partial charge in [0.2, 0.25) is 5.95 Å². The van der Waals surface area contributed by atoms with Crippen LogP contribution >= 0.6 is 0 Å². The summed E-state index contributed by atoms with van der Waals surface area (Å²) in [5.41, 5.74) is 9.60. The summed E-state index contributed by atoms with van der Waals surface area (Å²) < 4.78 is 38.5. The average molecular weight is 458 g/mol. The van der Waals surface area contributed by atoms with Crippen LogP contribution in [-0.2, 0) is 15.4 Å². The van der Waals surface area contributed by atoms with Gasteiger partial charge in [-0.2, -0.15) is 4.39 Å². The molecule has 2 N–H and O–H groups in total. The van der Waals surface area contributed by atoms with Crippen LogP contribution in [0.2, 0.25) is 0 Å². The molecule has 0 fully saturated rings. The Balaban J connectivity index is 1.78. The second kappa shape index (κ2) is 7.64. The van der Waals surface area contributed by atoms with Crippen LogP contribution in [-0.4, -0.2) is 25.5 Å². The highest BCUT2D eigenvalue weighted by Gasteiger charge is 2.42. The van der Waals surface area contributed by atoms with Crippen molar-refractivity contribution in [2.75, 3.05) is 6.26 Å². The van der Waals surface area contributed by atoms with Crippen molar-refractivity contribution in [1.82, 2.24) is 4.98 Å². The Hall–Kier alpha value is -3.84. The molecule has 0 spiro atoms. The lowest BCUT2D eigenvalue weighted by atomic mass is 9.77. The number of rotatable bonds is 4. The highest BCUT2D eigenvalue weighted by atomic mass is 32.2. The Morgan fingerprint density at radius 1 is 0.848 bits per heavy atom. The molecule has 33 heavy (non-hydrogen) atoms. The van der Waals surface area contributed by atoms with Crippen molar-refractivity contribution in [2.24, 2.45) is 10.7 Å². The number of benzene rings is 3. The molecule has 0 saturated heterocycles. The molecule has 5 rings (SSSR count). The van der Waals surface area contributed by atoms with Crippen LogP contribution in [0.15, 0.2) is 101 Å². The SMILES string of the molecule is CS(=O)(=O)c1ccc(C2(c3cccc(-c4cccnc4F)c3)N=C(N)c3ccccc32)cc1. The summed E-state index contributed by atoms with van der Waals surface area (Å²) in [6.45, 7) is 0. The molecule has 0 radical (unpaired) electrons. The number of pyridine rings is 1. The number of hydrogen-bond donors (Lipinski definition) is 1. The van der Waals surface area contributed by atoms with Crippen LogP contribution in [0.5, 0.6) is 0 Å². The third kappa shape index (κ3) is 3.41. The highest BCUT2D eigenvalue weighted by Crippen LogP contribution is 2.46. The lowest BCUT2D eigenvalue weighted by molar-refractivity contribution is 0.587. The molecule has 1 unspecified atom stereocenters. The Morgan fingerprint density at radius 2 is 1.58 bits per heavy atom. The molecular weight excluding hydrogens is 437 g/mol. The van der Waals surface area contributed by atoms with E-state index in [1.165, 1.54) is 12.5 Å². The number of nitrogens with zero attached hydrogens (tertiary/aromatic N) is 2. The van der Waals surface area contributed by atoms with E-state index in [9.17, 15) is 12.8 Å². The molecule has 3 aromatic carbocycles. The van der Waals surface area contributed by atoms with E-state index >= 15 is 0 Å². The summed E-state index contributed by atoms with van der Waals surface area (Å²) in [7, 11) is -3.36. The first-order valence-electron chi connectivity index (χ1n) is 10.3. The molecule has 1 atom stereocenters. The fraction of sp³-hybridized carbons (Fsp3) is 0.0769. The molecule has 2 heterocycles. The maximum absolute atomic E-state index is 14.4.